The van der Waals surface area contributed by atoms with E-state index in [4.69, 9.17) is 0 Å². The van der Waals surface area contributed by atoms with Gasteiger partial charge in [-0.15, -0.1) is 0 Å². The van der Waals surface area contributed by atoms with Crippen LogP contribution in [0.4, 0.5) is 18.9 Å². The highest BCUT2D eigenvalue weighted by molar-refractivity contribution is 5.82. The number of halogens is 3. The summed E-state index contributed by atoms with van der Waals surface area (Å²) in [6.45, 7) is 0. The Morgan fingerprint density at radius 2 is 1.47 bits per heavy atom. The summed E-state index contributed by atoms with van der Waals surface area (Å²) < 4.78 is 38.5. The Labute approximate surface area is 96.2 Å². The van der Waals surface area contributed by atoms with E-state index in [0.717, 1.165) is 12.1 Å². The van der Waals surface area contributed by atoms with Crippen LogP contribution in [0.15, 0.2) is 47.5 Å². The van der Waals surface area contributed by atoms with E-state index in [2.05, 4.69) is 4.99 Å². The van der Waals surface area contributed by atoms with E-state index in [1.165, 1.54) is 36.5 Å². The van der Waals surface area contributed by atoms with Crippen LogP contribution >= 0.6 is 0 Å². The highest BCUT2D eigenvalue weighted by atomic mass is 19.1. The van der Waals surface area contributed by atoms with Crippen LogP contribution < -0.4 is 0 Å². The monoisotopic (exact) mass is 235 g/mol. The summed E-state index contributed by atoms with van der Waals surface area (Å²) in [5.41, 5.74) is 0.672. The highest BCUT2D eigenvalue weighted by Crippen LogP contribution is 2.13. The zero-order valence-electron chi connectivity index (χ0n) is 8.70. The Morgan fingerprint density at radius 1 is 0.824 bits per heavy atom. The minimum absolute atomic E-state index is 0.177. The molecule has 17 heavy (non-hydrogen) atoms. The van der Waals surface area contributed by atoms with E-state index in [-0.39, 0.29) is 11.4 Å². The van der Waals surface area contributed by atoms with Gasteiger partial charge in [0.1, 0.15) is 17.5 Å². The van der Waals surface area contributed by atoms with Crippen LogP contribution in [0.25, 0.3) is 0 Å². The number of aliphatic imine (C=N–C) groups is 1. The molecule has 0 aromatic heterocycles. The summed E-state index contributed by atoms with van der Waals surface area (Å²) in [6, 6.07) is 8.67. The molecule has 0 fully saturated rings. The first-order valence-electron chi connectivity index (χ1n) is 4.90. The maximum absolute atomic E-state index is 13.2. The third kappa shape index (κ3) is 2.93. The van der Waals surface area contributed by atoms with E-state index in [1.807, 2.05) is 0 Å². The van der Waals surface area contributed by atoms with Crippen molar-refractivity contribution in [2.24, 2.45) is 4.99 Å². The third-order valence-electron chi connectivity index (χ3n) is 2.14. The van der Waals surface area contributed by atoms with Gasteiger partial charge in [0.25, 0.3) is 0 Å². The SMILES string of the molecule is Fc1ccc(N=Cc2ccc(F)cc2F)cc1. The van der Waals surface area contributed by atoms with Gasteiger partial charge in [0.15, 0.2) is 0 Å². The molecule has 86 valence electrons. The van der Waals surface area contributed by atoms with E-state index in [9.17, 15) is 13.2 Å². The number of hydrogen-bond donors (Lipinski definition) is 0. The van der Waals surface area contributed by atoms with Crippen molar-refractivity contribution >= 4 is 11.9 Å². The smallest absolute Gasteiger partial charge is 0.134 e. The summed E-state index contributed by atoms with van der Waals surface area (Å²) in [7, 11) is 0. The average Bonchev–Trinajstić information content (AvgIpc) is 2.30. The van der Waals surface area contributed by atoms with Crippen LogP contribution in [0.3, 0.4) is 0 Å². The average molecular weight is 235 g/mol. The van der Waals surface area contributed by atoms with Crippen molar-refractivity contribution in [2.45, 2.75) is 0 Å². The fourth-order valence-electron chi connectivity index (χ4n) is 1.28. The molecule has 0 spiro atoms. The molecule has 0 heterocycles. The third-order valence-corrected chi connectivity index (χ3v) is 2.14. The standard InChI is InChI=1S/C13H8F3N/c14-10-3-5-12(6-4-10)17-8-9-1-2-11(15)7-13(9)16/h1-8H. The topological polar surface area (TPSA) is 12.4 Å². The number of rotatable bonds is 2. The summed E-state index contributed by atoms with van der Waals surface area (Å²) in [5.74, 6) is -1.69. The molecular formula is C13H8F3N. The fourth-order valence-corrected chi connectivity index (χ4v) is 1.28. The molecule has 4 heteroatoms. The van der Waals surface area contributed by atoms with Crippen molar-refractivity contribution < 1.29 is 13.2 Å². The molecule has 0 atom stereocenters. The van der Waals surface area contributed by atoms with Gasteiger partial charge in [-0.1, -0.05) is 0 Å². The lowest BCUT2D eigenvalue weighted by Crippen LogP contribution is -1.88. The van der Waals surface area contributed by atoms with Crippen molar-refractivity contribution in [1.29, 1.82) is 0 Å². The van der Waals surface area contributed by atoms with Crippen molar-refractivity contribution in [2.75, 3.05) is 0 Å². The Morgan fingerprint density at radius 3 is 2.12 bits per heavy atom. The van der Waals surface area contributed by atoms with Crippen LogP contribution in [0.5, 0.6) is 0 Å². The van der Waals surface area contributed by atoms with Gasteiger partial charge in [-0.05, 0) is 36.4 Å². The summed E-state index contributed by atoms with van der Waals surface area (Å²) in [5, 5.41) is 0. The zero-order valence-corrected chi connectivity index (χ0v) is 8.70. The van der Waals surface area contributed by atoms with Crippen molar-refractivity contribution in [3.8, 4) is 0 Å². The number of hydrogen-bond acceptors (Lipinski definition) is 1. The summed E-state index contributed by atoms with van der Waals surface area (Å²) in [4.78, 5) is 3.95. The quantitative estimate of drug-likeness (QED) is 0.701. The molecule has 0 N–H and O–H groups in total. The molecule has 0 unspecified atom stereocenters. The van der Waals surface area contributed by atoms with Crippen LogP contribution in [-0.2, 0) is 0 Å². The van der Waals surface area contributed by atoms with Gasteiger partial charge >= 0.3 is 0 Å². The van der Waals surface area contributed by atoms with Crippen molar-refractivity contribution in [3.63, 3.8) is 0 Å². The van der Waals surface area contributed by atoms with Crippen LogP contribution in [0.2, 0.25) is 0 Å². The molecule has 1 nitrogen and oxygen atoms in total. The fraction of sp³-hybridized carbons (Fsp3) is 0. The van der Waals surface area contributed by atoms with E-state index < -0.39 is 11.6 Å². The molecule has 0 bridgehead atoms. The Bertz CT molecular complexity index is 547. The molecule has 0 aliphatic heterocycles. The number of nitrogens with zero attached hydrogens (tertiary/aromatic N) is 1. The Balaban J connectivity index is 2.23. The first-order chi connectivity index (χ1) is 8.15. The predicted octanol–water partition coefficient (Wildman–Crippen LogP) is 3.85. The highest BCUT2D eigenvalue weighted by Gasteiger charge is 2.00. The molecule has 0 saturated heterocycles. The number of benzene rings is 2. The molecule has 0 amide bonds. The Kier molecular flexibility index (Phi) is 3.23. The van der Waals surface area contributed by atoms with Gasteiger partial charge in [0, 0.05) is 17.8 Å². The second kappa shape index (κ2) is 4.82. The zero-order chi connectivity index (χ0) is 12.3. The van der Waals surface area contributed by atoms with Crippen LogP contribution in [0.1, 0.15) is 5.56 Å². The van der Waals surface area contributed by atoms with Gasteiger partial charge in [-0.2, -0.15) is 0 Å². The first-order valence-corrected chi connectivity index (χ1v) is 4.90. The molecule has 0 saturated carbocycles. The van der Waals surface area contributed by atoms with Gasteiger partial charge in [-0.25, -0.2) is 13.2 Å². The maximum Gasteiger partial charge on any atom is 0.134 e. The molecule has 0 aliphatic carbocycles. The largest absolute Gasteiger partial charge is 0.256 e. The first kappa shape index (κ1) is 11.4. The lowest BCUT2D eigenvalue weighted by Gasteiger charge is -1.96. The minimum atomic E-state index is -0.684. The van der Waals surface area contributed by atoms with E-state index in [0.29, 0.717) is 5.69 Å². The normalized spacial score (nSPS) is 11.0. The summed E-state index contributed by atoms with van der Waals surface area (Å²) in [6.07, 6.45) is 1.27. The Hall–Kier alpha value is -2.10. The van der Waals surface area contributed by atoms with E-state index >= 15 is 0 Å². The lowest BCUT2D eigenvalue weighted by molar-refractivity contribution is 0.582. The molecule has 2 rings (SSSR count). The second-order valence-corrected chi connectivity index (χ2v) is 3.40. The molecule has 0 aliphatic rings. The van der Waals surface area contributed by atoms with E-state index in [1.54, 1.807) is 0 Å². The summed E-state index contributed by atoms with van der Waals surface area (Å²) >= 11 is 0. The molecular weight excluding hydrogens is 227 g/mol. The molecule has 0 radical (unpaired) electrons. The van der Waals surface area contributed by atoms with Gasteiger partial charge in [0.05, 0.1) is 5.69 Å². The van der Waals surface area contributed by atoms with Crippen LogP contribution in [0, 0.1) is 17.5 Å². The minimum Gasteiger partial charge on any atom is -0.256 e. The maximum atomic E-state index is 13.2. The van der Waals surface area contributed by atoms with Crippen molar-refractivity contribution in [3.05, 3.63) is 65.5 Å². The van der Waals surface area contributed by atoms with Gasteiger partial charge in [0.2, 0.25) is 0 Å². The van der Waals surface area contributed by atoms with Gasteiger partial charge < -0.3 is 0 Å². The molecule has 2 aromatic carbocycles. The van der Waals surface area contributed by atoms with Crippen LogP contribution in [-0.4, -0.2) is 6.21 Å². The second-order valence-electron chi connectivity index (χ2n) is 3.40. The molecule has 2 aromatic rings. The predicted molar refractivity (Wildman–Crippen MR) is 60.0 cm³/mol. The lowest BCUT2D eigenvalue weighted by atomic mass is 10.2. The van der Waals surface area contributed by atoms with Crippen molar-refractivity contribution in [1.82, 2.24) is 0 Å². The van der Waals surface area contributed by atoms with Gasteiger partial charge in [-0.3, -0.25) is 4.99 Å².